The normalized spacial score (nSPS) is 26.6. The van der Waals surface area contributed by atoms with Crippen LogP contribution in [0.4, 0.5) is 5.69 Å². The summed E-state index contributed by atoms with van der Waals surface area (Å²) in [5, 5.41) is 3.52. The van der Waals surface area contributed by atoms with E-state index in [0.717, 1.165) is 12.6 Å². The lowest BCUT2D eigenvalue weighted by Gasteiger charge is -2.32. The highest BCUT2D eigenvalue weighted by atomic mass is 15.2. The van der Waals surface area contributed by atoms with Gasteiger partial charge in [0.15, 0.2) is 0 Å². The molecule has 3 nitrogen and oxygen atoms in total. The Bertz CT molecular complexity index is 446. The monoisotopic (exact) mass is 273 g/mol. The number of para-hydroxylation sites is 1. The number of hydrogen-bond acceptors (Lipinski definition) is 3. The lowest BCUT2D eigenvalue weighted by Crippen LogP contribution is -2.39. The van der Waals surface area contributed by atoms with Crippen molar-refractivity contribution < 1.29 is 0 Å². The van der Waals surface area contributed by atoms with Gasteiger partial charge in [0.05, 0.1) is 0 Å². The van der Waals surface area contributed by atoms with E-state index in [2.05, 4.69) is 53.5 Å². The number of nitrogens with one attached hydrogen (secondary N) is 1. The van der Waals surface area contributed by atoms with E-state index < -0.39 is 0 Å². The lowest BCUT2D eigenvalue weighted by atomic mass is 9.90. The molecule has 0 saturated carbocycles. The van der Waals surface area contributed by atoms with Crippen molar-refractivity contribution in [2.24, 2.45) is 0 Å². The van der Waals surface area contributed by atoms with Crippen molar-refractivity contribution in [1.29, 1.82) is 0 Å². The number of hydrogen-bond donors (Lipinski definition) is 1. The van der Waals surface area contributed by atoms with Crippen LogP contribution in [0.25, 0.3) is 0 Å². The summed E-state index contributed by atoms with van der Waals surface area (Å²) >= 11 is 0. The van der Waals surface area contributed by atoms with E-state index in [1.54, 1.807) is 0 Å². The molecule has 1 saturated heterocycles. The third-order valence-electron chi connectivity index (χ3n) is 4.93. The fourth-order valence-electron chi connectivity index (χ4n) is 3.76. The van der Waals surface area contributed by atoms with Crippen LogP contribution in [0, 0.1) is 0 Å². The van der Waals surface area contributed by atoms with Gasteiger partial charge in [-0.25, -0.2) is 0 Å². The number of likely N-dealkylation sites (N-methyl/N-ethyl adjacent to an activating group) is 2. The molecule has 1 N–H and O–H groups in total. The third kappa shape index (κ3) is 2.99. The smallest absolute Gasteiger partial charge is 0.0376 e. The van der Waals surface area contributed by atoms with Crippen molar-refractivity contribution in [2.45, 2.75) is 31.2 Å². The van der Waals surface area contributed by atoms with E-state index in [1.807, 2.05) is 0 Å². The largest absolute Gasteiger partial charge is 0.385 e. The first kappa shape index (κ1) is 13.9. The molecule has 1 aromatic rings. The van der Waals surface area contributed by atoms with Crippen molar-refractivity contribution in [3.05, 3.63) is 29.8 Å². The van der Waals surface area contributed by atoms with Crippen LogP contribution in [0.15, 0.2) is 24.3 Å². The highest BCUT2D eigenvalue weighted by Gasteiger charge is 2.25. The Kier molecular flexibility index (Phi) is 4.27. The Morgan fingerprint density at radius 3 is 2.90 bits per heavy atom. The zero-order chi connectivity index (χ0) is 13.9. The molecule has 0 bridgehead atoms. The van der Waals surface area contributed by atoms with E-state index in [-0.39, 0.29) is 0 Å². The molecule has 2 aliphatic rings. The molecule has 2 aliphatic heterocycles. The van der Waals surface area contributed by atoms with E-state index in [0.29, 0.717) is 5.92 Å². The third-order valence-corrected chi connectivity index (χ3v) is 4.93. The van der Waals surface area contributed by atoms with Crippen LogP contribution in [-0.4, -0.2) is 56.1 Å². The molecule has 0 spiro atoms. The first-order valence-corrected chi connectivity index (χ1v) is 7.95. The predicted octanol–water partition coefficient (Wildman–Crippen LogP) is 2.61. The fraction of sp³-hybridized carbons (Fsp3) is 0.647. The molecule has 0 radical (unpaired) electrons. The highest BCUT2D eigenvalue weighted by Crippen LogP contribution is 2.31. The Balaban J connectivity index is 1.60. The second kappa shape index (κ2) is 6.15. The molecule has 2 heterocycles. The molecule has 2 atom stereocenters. The number of fused-ring (bicyclic) bond motifs is 1. The number of rotatable bonds is 4. The minimum absolute atomic E-state index is 0.684. The van der Waals surface area contributed by atoms with Gasteiger partial charge in [0.1, 0.15) is 0 Å². The summed E-state index contributed by atoms with van der Waals surface area (Å²) in [6.45, 7) is 4.78. The van der Waals surface area contributed by atoms with Gasteiger partial charge >= 0.3 is 0 Å². The van der Waals surface area contributed by atoms with Crippen LogP contribution in [0.5, 0.6) is 0 Å². The molecular weight excluding hydrogens is 246 g/mol. The van der Waals surface area contributed by atoms with Gasteiger partial charge in [-0.2, -0.15) is 0 Å². The van der Waals surface area contributed by atoms with Gasteiger partial charge in [-0.15, -0.1) is 0 Å². The maximum absolute atomic E-state index is 3.52. The van der Waals surface area contributed by atoms with Gasteiger partial charge in [-0.05, 0) is 51.5 Å². The van der Waals surface area contributed by atoms with Crippen LogP contribution in [0.2, 0.25) is 0 Å². The molecule has 20 heavy (non-hydrogen) atoms. The van der Waals surface area contributed by atoms with Crippen molar-refractivity contribution in [3.63, 3.8) is 0 Å². The van der Waals surface area contributed by atoms with Crippen LogP contribution < -0.4 is 5.32 Å². The molecule has 1 fully saturated rings. The molecule has 1 aromatic carbocycles. The molecule has 110 valence electrons. The van der Waals surface area contributed by atoms with Gasteiger partial charge in [0.2, 0.25) is 0 Å². The van der Waals surface area contributed by atoms with Gasteiger partial charge in [-0.1, -0.05) is 18.2 Å². The Morgan fingerprint density at radius 1 is 1.25 bits per heavy atom. The second-order valence-corrected chi connectivity index (χ2v) is 6.50. The maximum Gasteiger partial charge on any atom is 0.0376 e. The maximum atomic E-state index is 3.52. The predicted molar refractivity (Wildman–Crippen MR) is 85.4 cm³/mol. The molecule has 2 unspecified atom stereocenters. The van der Waals surface area contributed by atoms with Crippen LogP contribution in [0.1, 0.15) is 30.7 Å². The molecule has 3 rings (SSSR count). The van der Waals surface area contributed by atoms with Crippen molar-refractivity contribution in [1.82, 2.24) is 9.80 Å². The fourth-order valence-corrected chi connectivity index (χ4v) is 3.76. The van der Waals surface area contributed by atoms with Gasteiger partial charge in [0.25, 0.3) is 0 Å². The molecule has 0 aromatic heterocycles. The van der Waals surface area contributed by atoms with Crippen LogP contribution in [0.3, 0.4) is 0 Å². The lowest BCUT2D eigenvalue weighted by molar-refractivity contribution is 0.210. The minimum Gasteiger partial charge on any atom is -0.385 e. The Morgan fingerprint density at radius 2 is 2.10 bits per heavy atom. The van der Waals surface area contributed by atoms with Crippen molar-refractivity contribution >= 4 is 5.69 Å². The van der Waals surface area contributed by atoms with Crippen LogP contribution >= 0.6 is 0 Å². The van der Waals surface area contributed by atoms with E-state index in [9.17, 15) is 0 Å². The summed E-state index contributed by atoms with van der Waals surface area (Å²) < 4.78 is 0. The SMILES string of the molecule is CN(CC1CCNc2ccccc21)CC1CCCN1C. The van der Waals surface area contributed by atoms with Crippen molar-refractivity contribution in [3.8, 4) is 0 Å². The summed E-state index contributed by atoms with van der Waals surface area (Å²) in [5.41, 5.74) is 2.85. The Labute approximate surface area is 123 Å². The number of nitrogens with zero attached hydrogens (tertiary/aromatic N) is 2. The number of likely N-dealkylation sites (tertiary alicyclic amines) is 1. The quantitative estimate of drug-likeness (QED) is 0.910. The van der Waals surface area contributed by atoms with Gasteiger partial charge < -0.3 is 15.1 Å². The summed E-state index contributed by atoms with van der Waals surface area (Å²) in [6.07, 6.45) is 3.98. The summed E-state index contributed by atoms with van der Waals surface area (Å²) in [6, 6.07) is 9.57. The highest BCUT2D eigenvalue weighted by molar-refractivity contribution is 5.54. The zero-order valence-corrected chi connectivity index (χ0v) is 12.8. The first-order valence-electron chi connectivity index (χ1n) is 7.95. The Hall–Kier alpha value is -1.06. The second-order valence-electron chi connectivity index (χ2n) is 6.50. The topological polar surface area (TPSA) is 18.5 Å². The van der Waals surface area contributed by atoms with E-state index in [1.165, 1.54) is 50.1 Å². The van der Waals surface area contributed by atoms with Crippen molar-refractivity contribution in [2.75, 3.05) is 45.6 Å². The average Bonchev–Trinajstić information content (AvgIpc) is 2.85. The van der Waals surface area contributed by atoms with E-state index in [4.69, 9.17) is 0 Å². The summed E-state index contributed by atoms with van der Waals surface area (Å²) in [4.78, 5) is 5.06. The first-order chi connectivity index (χ1) is 9.74. The number of anilines is 1. The molecule has 0 aliphatic carbocycles. The average molecular weight is 273 g/mol. The van der Waals surface area contributed by atoms with E-state index >= 15 is 0 Å². The molecule has 0 amide bonds. The van der Waals surface area contributed by atoms with Crippen LogP contribution in [-0.2, 0) is 0 Å². The molecular formula is C17H27N3. The summed E-state index contributed by atoms with van der Waals surface area (Å²) in [5.74, 6) is 0.684. The zero-order valence-electron chi connectivity index (χ0n) is 12.8. The summed E-state index contributed by atoms with van der Waals surface area (Å²) in [7, 11) is 4.56. The molecule has 3 heteroatoms. The van der Waals surface area contributed by atoms with Gasteiger partial charge in [-0.3, -0.25) is 0 Å². The van der Waals surface area contributed by atoms with Gasteiger partial charge in [0, 0.05) is 37.3 Å². The minimum atomic E-state index is 0.684. The standard InChI is InChI=1S/C17H27N3/c1-19(13-15-6-5-11-20(15)2)12-14-9-10-18-17-8-4-3-7-16(14)17/h3-4,7-8,14-15,18H,5-6,9-13H2,1-2H3. The number of benzene rings is 1.